The Morgan fingerprint density at radius 3 is 2.63 bits per heavy atom. The van der Waals surface area contributed by atoms with Crippen molar-refractivity contribution in [1.82, 2.24) is 4.90 Å². The molecule has 19 heavy (non-hydrogen) atoms. The molecule has 0 aromatic carbocycles. The van der Waals surface area contributed by atoms with E-state index in [-0.39, 0.29) is 5.57 Å². The highest BCUT2D eigenvalue weighted by Gasteiger charge is 2.17. The summed E-state index contributed by atoms with van der Waals surface area (Å²) in [7, 11) is 4.94. The van der Waals surface area contributed by atoms with Crippen molar-refractivity contribution in [2.45, 2.75) is 0 Å². The summed E-state index contributed by atoms with van der Waals surface area (Å²) in [5.74, 6) is -0.662. The Hall–Kier alpha value is -1.77. The van der Waals surface area contributed by atoms with Gasteiger partial charge in [-0.2, -0.15) is 5.26 Å². The predicted octanol–water partition coefficient (Wildman–Crippen LogP) is 2.93. The Kier molecular flexibility index (Phi) is 5.61. The average Bonchev–Trinajstić information content (AvgIpc) is 2.79. The number of hydrogen-bond acceptors (Lipinski definition) is 5. The molecule has 0 saturated carbocycles. The number of methoxy groups -OCH3 is 1. The molecule has 0 amide bonds. The first-order valence-electron chi connectivity index (χ1n) is 5.32. The highest BCUT2D eigenvalue weighted by atomic mass is 35.5. The number of ether oxygens (including phenoxy) is 1. The highest BCUT2D eigenvalue weighted by Crippen LogP contribution is 2.30. The molecule has 1 aromatic rings. The van der Waals surface area contributed by atoms with Crippen LogP contribution in [0.3, 0.4) is 0 Å². The molecule has 0 aliphatic rings. The molecule has 0 bridgehead atoms. The molecular weight excluding hydrogens is 284 g/mol. The molecule has 0 aliphatic carbocycles. The Balaban J connectivity index is 3.38. The number of allylic oxidation sites excluding steroid dienone is 2. The maximum atomic E-state index is 11.6. The van der Waals surface area contributed by atoms with E-state index in [1.54, 1.807) is 24.4 Å². The van der Waals surface area contributed by atoms with Gasteiger partial charge in [-0.3, -0.25) is 0 Å². The van der Waals surface area contributed by atoms with Crippen molar-refractivity contribution in [1.29, 1.82) is 5.26 Å². The second-order valence-electron chi connectivity index (χ2n) is 3.78. The quantitative estimate of drug-likeness (QED) is 0.371. The van der Waals surface area contributed by atoms with Crippen LogP contribution in [0.4, 0.5) is 0 Å². The van der Waals surface area contributed by atoms with Gasteiger partial charge in [0.1, 0.15) is 11.6 Å². The first-order valence-corrected chi connectivity index (χ1v) is 6.52. The van der Waals surface area contributed by atoms with E-state index in [0.717, 1.165) is 4.88 Å². The molecule has 1 rings (SSSR count). The van der Waals surface area contributed by atoms with E-state index in [9.17, 15) is 4.79 Å². The molecule has 0 radical (unpaired) electrons. The van der Waals surface area contributed by atoms with Gasteiger partial charge in [0.25, 0.3) is 0 Å². The third-order valence-electron chi connectivity index (χ3n) is 2.15. The van der Waals surface area contributed by atoms with Crippen LogP contribution >= 0.6 is 22.9 Å². The van der Waals surface area contributed by atoms with Crippen LogP contribution in [0.5, 0.6) is 0 Å². The zero-order valence-corrected chi connectivity index (χ0v) is 12.4. The van der Waals surface area contributed by atoms with Gasteiger partial charge in [0, 0.05) is 24.5 Å². The van der Waals surface area contributed by atoms with Gasteiger partial charge < -0.3 is 9.64 Å². The summed E-state index contributed by atoms with van der Waals surface area (Å²) in [4.78, 5) is 14.2. The van der Waals surface area contributed by atoms with Crippen molar-refractivity contribution < 1.29 is 9.53 Å². The predicted molar refractivity (Wildman–Crippen MR) is 76.7 cm³/mol. The summed E-state index contributed by atoms with van der Waals surface area (Å²) in [6, 6.07) is 5.37. The van der Waals surface area contributed by atoms with Crippen molar-refractivity contribution in [2.75, 3.05) is 21.2 Å². The van der Waals surface area contributed by atoms with Gasteiger partial charge in [0.15, 0.2) is 0 Å². The van der Waals surface area contributed by atoms with E-state index in [1.807, 2.05) is 25.1 Å². The summed E-state index contributed by atoms with van der Waals surface area (Å²) in [5, 5.41) is 9.15. The Labute approximate surface area is 121 Å². The molecule has 1 heterocycles. The van der Waals surface area contributed by atoms with Gasteiger partial charge in [-0.15, -0.1) is 11.3 Å². The summed E-state index contributed by atoms with van der Waals surface area (Å²) in [5.41, 5.74) is 0.457. The number of carbonyl (C=O) groups excluding carboxylic acids is 1. The van der Waals surface area contributed by atoms with E-state index in [1.165, 1.54) is 18.4 Å². The molecule has 100 valence electrons. The minimum absolute atomic E-state index is 0.0425. The lowest BCUT2D eigenvalue weighted by Crippen LogP contribution is -2.06. The summed E-state index contributed by atoms with van der Waals surface area (Å²) >= 11 is 7.19. The Morgan fingerprint density at radius 2 is 2.21 bits per heavy atom. The number of thiophene rings is 1. The van der Waals surface area contributed by atoms with E-state index < -0.39 is 5.97 Å². The van der Waals surface area contributed by atoms with Crippen molar-refractivity contribution in [3.63, 3.8) is 0 Å². The third-order valence-corrected chi connectivity index (χ3v) is 3.41. The first-order chi connectivity index (χ1) is 8.99. The van der Waals surface area contributed by atoms with E-state index in [0.29, 0.717) is 9.91 Å². The molecule has 4 nitrogen and oxygen atoms in total. The number of esters is 1. The zero-order chi connectivity index (χ0) is 14.4. The summed E-state index contributed by atoms with van der Waals surface area (Å²) in [6.45, 7) is 0. The molecule has 0 spiro atoms. The van der Waals surface area contributed by atoms with E-state index in [2.05, 4.69) is 4.74 Å². The van der Waals surface area contributed by atoms with Crippen molar-refractivity contribution in [3.8, 4) is 6.07 Å². The molecule has 0 unspecified atom stereocenters. The second kappa shape index (κ2) is 6.98. The third kappa shape index (κ3) is 4.12. The molecule has 0 atom stereocenters. The molecule has 0 fully saturated rings. The highest BCUT2D eigenvalue weighted by molar-refractivity contribution is 7.17. The van der Waals surface area contributed by atoms with Crippen LogP contribution in [0.25, 0.3) is 5.57 Å². The fourth-order valence-corrected chi connectivity index (χ4v) is 2.36. The topological polar surface area (TPSA) is 53.3 Å². The number of nitrogens with zero attached hydrogens (tertiary/aromatic N) is 2. The van der Waals surface area contributed by atoms with Gasteiger partial charge >= 0.3 is 5.97 Å². The van der Waals surface area contributed by atoms with Gasteiger partial charge in [-0.25, -0.2) is 4.79 Å². The molecule has 6 heteroatoms. The zero-order valence-electron chi connectivity index (χ0n) is 10.8. The Morgan fingerprint density at radius 1 is 1.53 bits per heavy atom. The maximum absolute atomic E-state index is 11.6. The van der Waals surface area contributed by atoms with E-state index >= 15 is 0 Å². The van der Waals surface area contributed by atoms with Gasteiger partial charge in [0.05, 0.1) is 11.4 Å². The van der Waals surface area contributed by atoms with Crippen LogP contribution < -0.4 is 0 Å². The van der Waals surface area contributed by atoms with Gasteiger partial charge in [-0.1, -0.05) is 11.6 Å². The fraction of sp³-hybridized carbons (Fsp3) is 0.231. The summed E-state index contributed by atoms with van der Waals surface area (Å²) in [6.07, 6.45) is 3.45. The SMILES string of the molecule is COC(=O)C(C#N)=C(C=CN(C)C)c1ccc(Cl)s1. The molecule has 1 aromatic heterocycles. The average molecular weight is 297 g/mol. The monoisotopic (exact) mass is 296 g/mol. The number of carbonyl (C=O) groups is 1. The van der Waals surface area contributed by atoms with Crippen LogP contribution in [0.1, 0.15) is 4.88 Å². The minimum Gasteiger partial charge on any atom is -0.465 e. The maximum Gasteiger partial charge on any atom is 0.349 e. The van der Waals surface area contributed by atoms with Crippen LogP contribution in [0, 0.1) is 11.3 Å². The number of rotatable bonds is 4. The molecule has 0 aliphatic heterocycles. The largest absolute Gasteiger partial charge is 0.465 e. The minimum atomic E-state index is -0.662. The smallest absolute Gasteiger partial charge is 0.349 e. The molecular formula is C13H13ClN2O2S. The lowest BCUT2D eigenvalue weighted by molar-refractivity contribution is -0.135. The van der Waals surface area contributed by atoms with Crippen LogP contribution in [-0.4, -0.2) is 32.1 Å². The van der Waals surface area contributed by atoms with Crippen molar-refractivity contribution in [2.24, 2.45) is 0 Å². The lowest BCUT2D eigenvalue weighted by Gasteiger charge is -2.06. The Bertz CT molecular complexity index is 567. The van der Waals surface area contributed by atoms with Crippen LogP contribution in [-0.2, 0) is 9.53 Å². The van der Waals surface area contributed by atoms with E-state index in [4.69, 9.17) is 16.9 Å². The number of halogens is 1. The lowest BCUT2D eigenvalue weighted by atomic mass is 10.1. The van der Waals surface area contributed by atoms with Crippen LogP contribution in [0.15, 0.2) is 30.0 Å². The van der Waals surface area contributed by atoms with Gasteiger partial charge in [-0.05, 0) is 24.4 Å². The van der Waals surface area contributed by atoms with Crippen molar-refractivity contribution in [3.05, 3.63) is 39.2 Å². The van der Waals surface area contributed by atoms with Crippen LogP contribution in [0.2, 0.25) is 4.34 Å². The second-order valence-corrected chi connectivity index (χ2v) is 5.49. The standard InChI is InChI=1S/C13H13ClN2O2S/c1-16(2)7-6-9(10(8-15)13(17)18-3)11-4-5-12(14)19-11/h4-7H,1-3H3. The fourth-order valence-electron chi connectivity index (χ4n) is 1.29. The summed E-state index contributed by atoms with van der Waals surface area (Å²) < 4.78 is 5.21. The van der Waals surface area contributed by atoms with Crippen molar-refractivity contribution >= 4 is 34.5 Å². The number of nitriles is 1. The first kappa shape index (κ1) is 15.3. The molecule has 0 N–H and O–H groups in total. The van der Waals surface area contributed by atoms with Gasteiger partial charge in [0.2, 0.25) is 0 Å². The molecule has 0 saturated heterocycles. The normalized spacial score (nSPS) is 11.9. The number of hydrogen-bond donors (Lipinski definition) is 0.